The molecule has 11 nitrogen and oxygen atoms in total. The van der Waals surface area contributed by atoms with E-state index in [1.165, 1.54) is 35.7 Å². The number of amides is 2. The number of nitrogens with one attached hydrogen (secondary N) is 2. The minimum Gasteiger partial charge on any atom is -0.350 e. The second-order valence-electron chi connectivity index (χ2n) is 6.33. The molecule has 4 aromatic heterocycles. The number of anilines is 3. The fourth-order valence-corrected chi connectivity index (χ4v) is 2.93. The van der Waals surface area contributed by atoms with Gasteiger partial charge in [-0.15, -0.1) is 5.10 Å². The molecule has 0 spiro atoms. The summed E-state index contributed by atoms with van der Waals surface area (Å²) in [6, 6.07) is 5.13. The molecule has 4 N–H and O–H groups in total. The molecule has 0 saturated heterocycles. The lowest BCUT2D eigenvalue weighted by Gasteiger charge is -2.09. The molecular formula is C18H16FN9O2. The normalized spacial score (nSPS) is 10.9. The van der Waals surface area contributed by atoms with Crippen molar-refractivity contribution in [1.29, 1.82) is 0 Å². The van der Waals surface area contributed by atoms with E-state index >= 15 is 0 Å². The predicted molar refractivity (Wildman–Crippen MR) is 106 cm³/mol. The summed E-state index contributed by atoms with van der Waals surface area (Å²) in [6.45, 7) is 3.03. The molecule has 0 bridgehead atoms. The molecule has 4 rings (SSSR count). The zero-order chi connectivity index (χ0) is 21.4. The molecule has 4 aromatic rings. The lowest BCUT2D eigenvalue weighted by atomic mass is 10.2. The van der Waals surface area contributed by atoms with Gasteiger partial charge in [0.15, 0.2) is 23.1 Å². The number of aromatic nitrogens is 6. The molecule has 152 valence electrons. The third-order valence-electron chi connectivity index (χ3n) is 4.05. The number of imidazole rings is 1. The predicted octanol–water partition coefficient (Wildman–Crippen LogP) is 2.06. The first-order valence-electron chi connectivity index (χ1n) is 8.74. The minimum absolute atomic E-state index is 0.0571. The summed E-state index contributed by atoms with van der Waals surface area (Å²) in [7, 11) is 0. The van der Waals surface area contributed by atoms with Crippen LogP contribution in [-0.2, 0) is 4.79 Å². The highest BCUT2D eigenvalue weighted by molar-refractivity contribution is 5.88. The maximum atomic E-state index is 14.4. The lowest BCUT2D eigenvalue weighted by Crippen LogP contribution is -2.19. The van der Waals surface area contributed by atoms with Gasteiger partial charge in [-0.1, -0.05) is 0 Å². The van der Waals surface area contributed by atoms with E-state index < -0.39 is 11.8 Å². The Kier molecular flexibility index (Phi) is 4.58. The number of rotatable bonds is 4. The SMILES string of the molecule is CC(=O)Nc1cc(-c2c(Nc3ccn(C(N)=O)n3)nc3c(F)cccn23)nc(C)n1. The zero-order valence-corrected chi connectivity index (χ0v) is 15.9. The molecule has 0 radical (unpaired) electrons. The second-order valence-corrected chi connectivity index (χ2v) is 6.33. The Morgan fingerprint density at radius 2 is 1.93 bits per heavy atom. The van der Waals surface area contributed by atoms with Crippen molar-refractivity contribution in [2.24, 2.45) is 5.73 Å². The molecule has 4 heterocycles. The molecule has 30 heavy (non-hydrogen) atoms. The third-order valence-corrected chi connectivity index (χ3v) is 4.05. The van der Waals surface area contributed by atoms with Crippen LogP contribution in [0, 0.1) is 12.7 Å². The largest absolute Gasteiger partial charge is 0.350 e. The highest BCUT2D eigenvalue weighted by Crippen LogP contribution is 2.31. The third kappa shape index (κ3) is 3.53. The summed E-state index contributed by atoms with van der Waals surface area (Å²) in [5.41, 5.74) is 6.07. The maximum absolute atomic E-state index is 14.4. The van der Waals surface area contributed by atoms with Crippen LogP contribution in [0.1, 0.15) is 12.7 Å². The quantitative estimate of drug-likeness (QED) is 0.468. The molecule has 0 atom stereocenters. The molecule has 0 saturated carbocycles. The van der Waals surface area contributed by atoms with Crippen LogP contribution in [0.3, 0.4) is 0 Å². The average Bonchev–Trinajstić information content (AvgIpc) is 3.26. The summed E-state index contributed by atoms with van der Waals surface area (Å²) in [4.78, 5) is 35.6. The minimum atomic E-state index is -0.754. The smallest absolute Gasteiger partial charge is 0.339 e. The van der Waals surface area contributed by atoms with Gasteiger partial charge in [-0.3, -0.25) is 9.20 Å². The van der Waals surface area contributed by atoms with Gasteiger partial charge in [-0.25, -0.2) is 24.1 Å². The van der Waals surface area contributed by atoms with Crippen molar-refractivity contribution in [1.82, 2.24) is 29.1 Å². The van der Waals surface area contributed by atoms with E-state index in [1.54, 1.807) is 19.2 Å². The molecule has 12 heteroatoms. The highest BCUT2D eigenvalue weighted by Gasteiger charge is 2.20. The van der Waals surface area contributed by atoms with E-state index in [9.17, 15) is 14.0 Å². The zero-order valence-electron chi connectivity index (χ0n) is 15.9. The molecule has 0 unspecified atom stereocenters. The van der Waals surface area contributed by atoms with Crippen molar-refractivity contribution in [3.05, 3.63) is 48.3 Å². The Bertz CT molecular complexity index is 1290. The summed E-state index contributed by atoms with van der Waals surface area (Å²) >= 11 is 0. The Morgan fingerprint density at radius 1 is 1.13 bits per heavy atom. The van der Waals surface area contributed by atoms with Crippen molar-refractivity contribution in [3.8, 4) is 11.4 Å². The number of nitrogens with zero attached hydrogens (tertiary/aromatic N) is 6. The van der Waals surface area contributed by atoms with Gasteiger partial charge in [0.1, 0.15) is 17.3 Å². The van der Waals surface area contributed by atoms with Crippen molar-refractivity contribution < 1.29 is 14.0 Å². The van der Waals surface area contributed by atoms with Gasteiger partial charge in [-0.2, -0.15) is 4.68 Å². The first kappa shape index (κ1) is 19.0. The second kappa shape index (κ2) is 7.24. The topological polar surface area (TPSA) is 145 Å². The van der Waals surface area contributed by atoms with Crippen LogP contribution in [0.2, 0.25) is 0 Å². The van der Waals surface area contributed by atoms with E-state index in [1.807, 2.05) is 0 Å². The van der Waals surface area contributed by atoms with Gasteiger partial charge < -0.3 is 16.4 Å². The van der Waals surface area contributed by atoms with Crippen LogP contribution in [0.5, 0.6) is 0 Å². The number of hydrogen-bond acceptors (Lipinski definition) is 7. The standard InChI is InChI=1S/C18H16FN9O2/c1-9-21-12(8-14(22-9)23-10(2)29)15-16(24-13-5-7-28(26-13)18(20)30)25-17-11(19)4-3-6-27(15)17/h3-8H,1-2H3,(H2,20,30)(H,24,26)(H,21,22,23,29). The number of pyridine rings is 1. The first-order chi connectivity index (χ1) is 14.3. The average molecular weight is 409 g/mol. The number of carbonyl (C=O) groups excluding carboxylic acids is 2. The molecule has 0 aromatic carbocycles. The van der Waals surface area contributed by atoms with Crippen LogP contribution < -0.4 is 16.4 Å². The Morgan fingerprint density at radius 3 is 2.63 bits per heavy atom. The molecule has 2 amide bonds. The van der Waals surface area contributed by atoms with E-state index in [0.29, 0.717) is 23.0 Å². The van der Waals surface area contributed by atoms with Crippen molar-refractivity contribution in [2.45, 2.75) is 13.8 Å². The molecular weight excluding hydrogens is 393 g/mol. The molecule has 0 aliphatic rings. The number of fused-ring (bicyclic) bond motifs is 1. The van der Waals surface area contributed by atoms with E-state index in [4.69, 9.17) is 5.73 Å². The monoisotopic (exact) mass is 409 g/mol. The van der Waals surface area contributed by atoms with Gasteiger partial charge in [0.2, 0.25) is 5.91 Å². The fourth-order valence-electron chi connectivity index (χ4n) is 2.93. The van der Waals surface area contributed by atoms with Crippen LogP contribution in [0.25, 0.3) is 17.0 Å². The summed E-state index contributed by atoms with van der Waals surface area (Å²) in [5.74, 6) is 0.362. The van der Waals surface area contributed by atoms with Crippen LogP contribution >= 0.6 is 0 Å². The van der Waals surface area contributed by atoms with E-state index in [-0.39, 0.29) is 23.2 Å². The summed E-state index contributed by atoms with van der Waals surface area (Å²) < 4.78 is 16.9. The molecule has 0 fully saturated rings. The van der Waals surface area contributed by atoms with Crippen molar-refractivity contribution in [3.63, 3.8) is 0 Å². The number of carbonyl (C=O) groups is 2. The Labute approximate surface area is 168 Å². The molecule has 0 aliphatic heterocycles. The van der Waals surface area contributed by atoms with E-state index in [2.05, 4.69) is 30.7 Å². The van der Waals surface area contributed by atoms with Crippen LogP contribution in [0.15, 0.2) is 36.7 Å². The molecule has 0 aliphatic carbocycles. The maximum Gasteiger partial charge on any atom is 0.339 e. The van der Waals surface area contributed by atoms with Crippen LogP contribution in [-0.4, -0.2) is 41.1 Å². The number of aryl methyl sites for hydroxylation is 1. The Hall–Kier alpha value is -4.35. The van der Waals surface area contributed by atoms with Crippen LogP contribution in [0.4, 0.5) is 26.6 Å². The van der Waals surface area contributed by atoms with Crippen molar-refractivity contribution >= 4 is 35.0 Å². The van der Waals surface area contributed by atoms with Gasteiger partial charge >= 0.3 is 6.03 Å². The Balaban J connectivity index is 1.88. The van der Waals surface area contributed by atoms with E-state index in [0.717, 1.165) is 4.68 Å². The van der Waals surface area contributed by atoms with Gasteiger partial charge in [-0.05, 0) is 19.1 Å². The first-order valence-corrected chi connectivity index (χ1v) is 8.74. The summed E-state index contributed by atoms with van der Waals surface area (Å²) in [6.07, 6.45) is 3.01. The van der Waals surface area contributed by atoms with Crippen molar-refractivity contribution in [2.75, 3.05) is 10.6 Å². The lowest BCUT2D eigenvalue weighted by molar-refractivity contribution is -0.114. The number of halogens is 1. The highest BCUT2D eigenvalue weighted by atomic mass is 19.1. The number of nitrogens with two attached hydrogens (primary N) is 1. The fraction of sp³-hybridized carbons (Fsp3) is 0.111. The van der Waals surface area contributed by atoms with Gasteiger partial charge in [0, 0.05) is 31.5 Å². The number of hydrogen-bond donors (Lipinski definition) is 3. The van der Waals surface area contributed by atoms with Gasteiger partial charge in [0.05, 0.1) is 5.69 Å². The van der Waals surface area contributed by atoms with Gasteiger partial charge in [0.25, 0.3) is 0 Å². The number of primary amides is 1. The summed E-state index contributed by atoms with van der Waals surface area (Å²) in [5, 5.41) is 9.57.